The molecule has 0 atom stereocenters. The van der Waals surface area contributed by atoms with Gasteiger partial charge in [-0.3, -0.25) is 4.40 Å². The highest BCUT2D eigenvalue weighted by molar-refractivity contribution is 5.62. The third kappa shape index (κ3) is 1.90. The summed E-state index contributed by atoms with van der Waals surface area (Å²) in [5.41, 5.74) is 1.91. The minimum Gasteiger partial charge on any atom is -0.494 e. The summed E-state index contributed by atoms with van der Waals surface area (Å²) >= 11 is 0. The zero-order valence-electron chi connectivity index (χ0n) is 9.95. The molecule has 0 bridgehead atoms. The summed E-state index contributed by atoms with van der Waals surface area (Å²) in [6.45, 7) is 2.64. The monoisotopic (exact) mass is 240 g/mol. The second kappa shape index (κ2) is 4.44. The van der Waals surface area contributed by atoms with Gasteiger partial charge in [-0.15, -0.1) is 5.10 Å². The van der Waals surface area contributed by atoms with E-state index < -0.39 is 0 Å². The fourth-order valence-corrected chi connectivity index (χ4v) is 1.78. The van der Waals surface area contributed by atoms with Crippen LogP contribution in [0.25, 0.3) is 17.0 Å². The molecule has 2 aromatic heterocycles. The summed E-state index contributed by atoms with van der Waals surface area (Å²) < 4.78 is 7.25. The van der Waals surface area contributed by atoms with Crippen molar-refractivity contribution >= 4 is 5.78 Å². The number of imidazole rings is 1. The molecule has 0 aliphatic heterocycles. The quantitative estimate of drug-likeness (QED) is 0.704. The molecule has 0 fully saturated rings. The predicted octanol–water partition coefficient (Wildman–Crippen LogP) is 2.19. The zero-order valence-corrected chi connectivity index (χ0v) is 9.95. The van der Waals surface area contributed by atoms with Gasteiger partial charge in [0.15, 0.2) is 0 Å². The Kier molecular flexibility index (Phi) is 2.64. The van der Waals surface area contributed by atoms with Gasteiger partial charge in [0.1, 0.15) is 5.75 Å². The van der Waals surface area contributed by atoms with Gasteiger partial charge in [-0.1, -0.05) is 0 Å². The highest BCUT2D eigenvalue weighted by Gasteiger charge is 2.05. The van der Waals surface area contributed by atoms with Crippen LogP contribution in [0, 0.1) is 0 Å². The summed E-state index contributed by atoms with van der Waals surface area (Å²) in [7, 11) is 0. The summed E-state index contributed by atoms with van der Waals surface area (Å²) in [6, 6.07) is 7.85. The van der Waals surface area contributed by atoms with Gasteiger partial charge in [0.05, 0.1) is 18.5 Å². The summed E-state index contributed by atoms with van der Waals surface area (Å²) in [5.74, 6) is 1.46. The van der Waals surface area contributed by atoms with Crippen LogP contribution in [0.3, 0.4) is 0 Å². The van der Waals surface area contributed by atoms with Crippen molar-refractivity contribution in [2.24, 2.45) is 0 Å². The number of benzene rings is 1. The Labute approximate surface area is 104 Å². The first-order chi connectivity index (χ1) is 8.86. The maximum atomic E-state index is 5.41. The Morgan fingerprint density at radius 2 is 2.06 bits per heavy atom. The largest absolute Gasteiger partial charge is 0.494 e. The second-order valence-corrected chi connectivity index (χ2v) is 3.80. The van der Waals surface area contributed by atoms with Gasteiger partial charge in [-0.25, -0.2) is 4.98 Å². The van der Waals surface area contributed by atoms with E-state index in [1.165, 1.54) is 0 Å². The van der Waals surface area contributed by atoms with E-state index in [9.17, 15) is 0 Å². The molecule has 3 rings (SSSR count). The molecule has 5 heteroatoms. The van der Waals surface area contributed by atoms with Crippen molar-refractivity contribution in [3.8, 4) is 17.0 Å². The Morgan fingerprint density at radius 3 is 2.78 bits per heavy atom. The molecule has 0 spiro atoms. The van der Waals surface area contributed by atoms with Crippen molar-refractivity contribution < 1.29 is 4.74 Å². The van der Waals surface area contributed by atoms with Crippen LogP contribution in [0.5, 0.6) is 5.75 Å². The first kappa shape index (κ1) is 10.7. The molecule has 0 aliphatic rings. The number of hydrogen-bond donors (Lipinski definition) is 0. The van der Waals surface area contributed by atoms with Crippen molar-refractivity contribution in [2.45, 2.75) is 6.92 Å². The molecule has 0 radical (unpaired) electrons. The van der Waals surface area contributed by atoms with E-state index in [0.717, 1.165) is 17.0 Å². The third-order valence-electron chi connectivity index (χ3n) is 2.61. The zero-order chi connectivity index (χ0) is 12.4. The van der Waals surface area contributed by atoms with Crippen molar-refractivity contribution in [2.75, 3.05) is 6.61 Å². The van der Waals surface area contributed by atoms with E-state index in [2.05, 4.69) is 15.2 Å². The second-order valence-electron chi connectivity index (χ2n) is 3.80. The Hall–Kier alpha value is -2.43. The molecule has 18 heavy (non-hydrogen) atoms. The standard InChI is InChI=1S/C13H12N4O/c1-2-18-11-5-3-10(4-6-11)12-9-17-8-7-14-16-13(17)15-12/h3-9H,2H2,1H3. The molecule has 1 aromatic carbocycles. The van der Waals surface area contributed by atoms with Gasteiger partial charge in [-0.2, -0.15) is 5.10 Å². The molecule has 5 nitrogen and oxygen atoms in total. The molecular weight excluding hydrogens is 228 g/mol. The molecule has 0 saturated heterocycles. The van der Waals surface area contributed by atoms with Crippen LogP contribution in [0.1, 0.15) is 6.92 Å². The van der Waals surface area contributed by atoms with Crippen LogP contribution >= 0.6 is 0 Å². The number of nitrogens with zero attached hydrogens (tertiary/aromatic N) is 4. The van der Waals surface area contributed by atoms with E-state index in [0.29, 0.717) is 12.4 Å². The molecule has 90 valence electrons. The number of ether oxygens (including phenoxy) is 1. The lowest BCUT2D eigenvalue weighted by molar-refractivity contribution is 0.340. The molecule has 0 amide bonds. The van der Waals surface area contributed by atoms with Crippen molar-refractivity contribution in [1.29, 1.82) is 0 Å². The van der Waals surface area contributed by atoms with Crippen molar-refractivity contribution in [1.82, 2.24) is 19.6 Å². The first-order valence-electron chi connectivity index (χ1n) is 5.76. The Balaban J connectivity index is 1.98. The molecule has 2 heterocycles. The van der Waals surface area contributed by atoms with E-state index in [-0.39, 0.29) is 0 Å². The van der Waals surface area contributed by atoms with Crippen LogP contribution in [-0.2, 0) is 0 Å². The average Bonchev–Trinajstić information content (AvgIpc) is 2.84. The Morgan fingerprint density at radius 1 is 1.22 bits per heavy atom. The maximum absolute atomic E-state index is 5.41. The van der Waals surface area contributed by atoms with Gasteiger partial charge >= 0.3 is 0 Å². The van der Waals surface area contributed by atoms with Crippen LogP contribution in [-0.4, -0.2) is 26.2 Å². The van der Waals surface area contributed by atoms with Gasteiger partial charge < -0.3 is 4.74 Å². The van der Waals surface area contributed by atoms with Crippen LogP contribution < -0.4 is 4.74 Å². The van der Waals surface area contributed by atoms with Crippen LogP contribution in [0.15, 0.2) is 42.9 Å². The fourth-order valence-electron chi connectivity index (χ4n) is 1.78. The molecule has 3 aromatic rings. The van der Waals surface area contributed by atoms with E-state index in [4.69, 9.17) is 4.74 Å². The van der Waals surface area contributed by atoms with E-state index in [1.807, 2.05) is 48.0 Å². The van der Waals surface area contributed by atoms with Crippen molar-refractivity contribution in [3.63, 3.8) is 0 Å². The molecule has 0 N–H and O–H groups in total. The average molecular weight is 240 g/mol. The Bertz CT molecular complexity index is 627. The van der Waals surface area contributed by atoms with Gasteiger partial charge in [0.25, 0.3) is 5.78 Å². The lowest BCUT2D eigenvalue weighted by Crippen LogP contribution is -1.90. The SMILES string of the molecule is CCOc1ccc(-c2cn3ccnnc3n2)cc1. The summed E-state index contributed by atoms with van der Waals surface area (Å²) in [4.78, 5) is 4.41. The normalized spacial score (nSPS) is 10.7. The molecule has 0 aliphatic carbocycles. The lowest BCUT2D eigenvalue weighted by Gasteiger charge is -2.02. The fraction of sp³-hybridized carbons (Fsp3) is 0.154. The third-order valence-corrected chi connectivity index (χ3v) is 2.61. The maximum Gasteiger partial charge on any atom is 0.254 e. The summed E-state index contributed by atoms with van der Waals surface area (Å²) in [5, 5.41) is 7.76. The molecule has 0 saturated carbocycles. The van der Waals surface area contributed by atoms with Crippen LogP contribution in [0.2, 0.25) is 0 Å². The van der Waals surface area contributed by atoms with Gasteiger partial charge in [0.2, 0.25) is 0 Å². The number of rotatable bonds is 3. The molecular formula is C13H12N4O. The van der Waals surface area contributed by atoms with Crippen LogP contribution in [0.4, 0.5) is 0 Å². The summed E-state index contributed by atoms with van der Waals surface area (Å²) in [6.07, 6.45) is 5.39. The highest BCUT2D eigenvalue weighted by Crippen LogP contribution is 2.21. The highest BCUT2D eigenvalue weighted by atomic mass is 16.5. The number of aromatic nitrogens is 4. The first-order valence-corrected chi connectivity index (χ1v) is 5.76. The van der Waals surface area contributed by atoms with Gasteiger partial charge in [0, 0.05) is 18.0 Å². The lowest BCUT2D eigenvalue weighted by atomic mass is 10.2. The number of hydrogen-bond acceptors (Lipinski definition) is 4. The van der Waals surface area contributed by atoms with E-state index in [1.54, 1.807) is 6.20 Å². The minimum atomic E-state index is 0.599. The molecule has 0 unspecified atom stereocenters. The minimum absolute atomic E-state index is 0.599. The van der Waals surface area contributed by atoms with Crippen molar-refractivity contribution in [3.05, 3.63) is 42.9 Å². The van der Waals surface area contributed by atoms with E-state index >= 15 is 0 Å². The predicted molar refractivity (Wildman–Crippen MR) is 67.4 cm³/mol. The topological polar surface area (TPSA) is 52.3 Å². The number of fused-ring (bicyclic) bond motifs is 1. The smallest absolute Gasteiger partial charge is 0.254 e. The van der Waals surface area contributed by atoms with Gasteiger partial charge in [-0.05, 0) is 31.2 Å².